The van der Waals surface area contributed by atoms with Gasteiger partial charge in [-0.3, -0.25) is 0 Å². The summed E-state index contributed by atoms with van der Waals surface area (Å²) in [6.45, 7) is 4.36. The van der Waals surface area contributed by atoms with Gasteiger partial charge in [0, 0.05) is 6.61 Å². The summed E-state index contributed by atoms with van der Waals surface area (Å²) in [7, 11) is 0. The highest BCUT2D eigenvalue weighted by Gasteiger charge is 2.08. The lowest BCUT2D eigenvalue weighted by Crippen LogP contribution is -2.30. The van der Waals surface area contributed by atoms with Gasteiger partial charge in [-0.25, -0.2) is 0 Å². The zero-order chi connectivity index (χ0) is 10.8. The predicted molar refractivity (Wildman–Crippen MR) is 65.1 cm³/mol. The third-order valence-corrected chi connectivity index (χ3v) is 3.33. The first kappa shape index (κ1) is 13.0. The molecule has 0 unspecified atom stereocenters. The predicted octanol–water partition coefficient (Wildman–Crippen LogP) is 2.81. The summed E-state index contributed by atoms with van der Waals surface area (Å²) >= 11 is 0. The molecule has 15 heavy (non-hydrogen) atoms. The molecule has 1 aliphatic rings. The largest absolute Gasteiger partial charge is 0.396 e. The van der Waals surface area contributed by atoms with Crippen LogP contribution in [0.5, 0.6) is 0 Å². The smallest absolute Gasteiger partial charge is 0.0431 e. The third-order valence-electron chi connectivity index (χ3n) is 3.33. The third kappa shape index (κ3) is 6.91. The Kier molecular flexibility index (Phi) is 7.94. The molecule has 2 heteroatoms. The molecule has 0 amide bonds. The lowest BCUT2D eigenvalue weighted by molar-refractivity contribution is 0.224. The van der Waals surface area contributed by atoms with Gasteiger partial charge in [0.15, 0.2) is 0 Å². The highest BCUT2D eigenvalue weighted by Crippen LogP contribution is 2.11. The molecule has 1 saturated heterocycles. The lowest BCUT2D eigenvalue weighted by atomic mass is 10.1. The quantitative estimate of drug-likeness (QED) is 0.627. The summed E-state index contributed by atoms with van der Waals surface area (Å²) in [4.78, 5) is 2.62. The fourth-order valence-electron chi connectivity index (χ4n) is 2.34. The molecule has 0 saturated carbocycles. The molecule has 1 fully saturated rings. The van der Waals surface area contributed by atoms with Gasteiger partial charge in [-0.15, -0.1) is 0 Å². The molecule has 2 nitrogen and oxygen atoms in total. The SMILES string of the molecule is OCCCCCCCCN1CCCCC1. The number of piperidine rings is 1. The van der Waals surface area contributed by atoms with E-state index in [4.69, 9.17) is 5.11 Å². The molecule has 0 aromatic carbocycles. The minimum absolute atomic E-state index is 0.369. The van der Waals surface area contributed by atoms with E-state index in [0.717, 1.165) is 6.42 Å². The summed E-state index contributed by atoms with van der Waals surface area (Å²) < 4.78 is 0. The number of hydrogen-bond donors (Lipinski definition) is 1. The molecule has 0 aromatic rings. The molecule has 0 atom stereocenters. The van der Waals surface area contributed by atoms with Crippen LogP contribution in [0.15, 0.2) is 0 Å². The van der Waals surface area contributed by atoms with Crippen molar-refractivity contribution >= 4 is 0 Å². The number of unbranched alkanes of at least 4 members (excludes halogenated alkanes) is 5. The van der Waals surface area contributed by atoms with Gasteiger partial charge in [0.25, 0.3) is 0 Å². The van der Waals surface area contributed by atoms with E-state index in [1.54, 1.807) is 0 Å². The molecular formula is C13H27NO. The monoisotopic (exact) mass is 213 g/mol. The molecule has 90 valence electrons. The Bertz CT molecular complexity index is 132. The molecule has 0 spiro atoms. The van der Waals surface area contributed by atoms with E-state index >= 15 is 0 Å². The van der Waals surface area contributed by atoms with Gasteiger partial charge in [0.05, 0.1) is 0 Å². The Labute approximate surface area is 94.7 Å². The highest BCUT2D eigenvalue weighted by molar-refractivity contribution is 4.64. The van der Waals surface area contributed by atoms with Gasteiger partial charge >= 0.3 is 0 Å². The van der Waals surface area contributed by atoms with Crippen molar-refractivity contribution in [1.82, 2.24) is 4.90 Å². The summed E-state index contributed by atoms with van der Waals surface area (Å²) in [6, 6.07) is 0. The first-order valence-electron chi connectivity index (χ1n) is 6.76. The van der Waals surface area contributed by atoms with Gasteiger partial charge in [0.2, 0.25) is 0 Å². The second-order valence-electron chi connectivity index (χ2n) is 4.75. The Hall–Kier alpha value is -0.0800. The van der Waals surface area contributed by atoms with E-state index in [1.807, 2.05) is 0 Å². The first-order valence-corrected chi connectivity index (χ1v) is 6.76. The maximum atomic E-state index is 8.63. The molecular weight excluding hydrogens is 186 g/mol. The van der Waals surface area contributed by atoms with E-state index in [2.05, 4.69) is 4.90 Å². The molecule has 1 rings (SSSR count). The molecule has 0 aromatic heterocycles. The van der Waals surface area contributed by atoms with Crippen LogP contribution in [0.4, 0.5) is 0 Å². The number of aliphatic hydroxyl groups excluding tert-OH is 1. The number of aliphatic hydroxyl groups is 1. The molecule has 1 heterocycles. The Morgan fingerprint density at radius 1 is 0.733 bits per heavy atom. The normalized spacial score (nSPS) is 18.2. The highest BCUT2D eigenvalue weighted by atomic mass is 16.2. The van der Waals surface area contributed by atoms with Gasteiger partial charge in [-0.05, 0) is 45.3 Å². The maximum absolute atomic E-state index is 8.63. The number of rotatable bonds is 8. The average molecular weight is 213 g/mol. The standard InChI is InChI=1S/C13H27NO/c15-13-9-4-2-1-3-6-10-14-11-7-5-8-12-14/h15H,1-13H2. The van der Waals surface area contributed by atoms with Gasteiger partial charge in [-0.1, -0.05) is 32.1 Å². The Morgan fingerprint density at radius 2 is 1.33 bits per heavy atom. The van der Waals surface area contributed by atoms with Crippen molar-refractivity contribution < 1.29 is 5.11 Å². The summed E-state index contributed by atoms with van der Waals surface area (Å²) in [6.07, 6.45) is 11.9. The minimum atomic E-state index is 0.369. The van der Waals surface area contributed by atoms with Crippen molar-refractivity contribution in [2.75, 3.05) is 26.2 Å². The summed E-state index contributed by atoms with van der Waals surface area (Å²) in [5.74, 6) is 0. The summed E-state index contributed by atoms with van der Waals surface area (Å²) in [5.41, 5.74) is 0. The zero-order valence-corrected chi connectivity index (χ0v) is 10.1. The van der Waals surface area contributed by atoms with Crippen LogP contribution >= 0.6 is 0 Å². The summed E-state index contributed by atoms with van der Waals surface area (Å²) in [5, 5.41) is 8.63. The van der Waals surface area contributed by atoms with Crippen LogP contribution in [0, 0.1) is 0 Å². The average Bonchev–Trinajstić information content (AvgIpc) is 2.29. The number of likely N-dealkylation sites (tertiary alicyclic amines) is 1. The van der Waals surface area contributed by atoms with E-state index in [1.165, 1.54) is 71.0 Å². The van der Waals surface area contributed by atoms with E-state index in [-0.39, 0.29) is 0 Å². The van der Waals surface area contributed by atoms with Crippen LogP contribution < -0.4 is 0 Å². The van der Waals surface area contributed by atoms with Gasteiger partial charge in [-0.2, -0.15) is 0 Å². The van der Waals surface area contributed by atoms with Crippen molar-refractivity contribution in [3.63, 3.8) is 0 Å². The van der Waals surface area contributed by atoms with Crippen molar-refractivity contribution in [2.45, 2.75) is 57.8 Å². The van der Waals surface area contributed by atoms with Crippen LogP contribution in [0.1, 0.15) is 57.8 Å². The van der Waals surface area contributed by atoms with Crippen molar-refractivity contribution in [3.8, 4) is 0 Å². The fraction of sp³-hybridized carbons (Fsp3) is 1.00. The van der Waals surface area contributed by atoms with Gasteiger partial charge < -0.3 is 10.0 Å². The first-order chi connectivity index (χ1) is 7.43. The maximum Gasteiger partial charge on any atom is 0.0431 e. The van der Waals surface area contributed by atoms with E-state index in [0.29, 0.717) is 6.61 Å². The van der Waals surface area contributed by atoms with Crippen LogP contribution in [-0.4, -0.2) is 36.2 Å². The van der Waals surface area contributed by atoms with Crippen molar-refractivity contribution in [2.24, 2.45) is 0 Å². The van der Waals surface area contributed by atoms with Crippen LogP contribution in [0.2, 0.25) is 0 Å². The number of nitrogens with zero attached hydrogens (tertiary/aromatic N) is 1. The molecule has 0 radical (unpaired) electrons. The van der Waals surface area contributed by atoms with E-state index < -0.39 is 0 Å². The van der Waals surface area contributed by atoms with Crippen LogP contribution in [-0.2, 0) is 0 Å². The lowest BCUT2D eigenvalue weighted by Gasteiger charge is -2.26. The zero-order valence-electron chi connectivity index (χ0n) is 10.1. The Morgan fingerprint density at radius 3 is 2.00 bits per heavy atom. The van der Waals surface area contributed by atoms with Crippen LogP contribution in [0.25, 0.3) is 0 Å². The molecule has 0 bridgehead atoms. The fourth-order valence-corrected chi connectivity index (χ4v) is 2.34. The second-order valence-corrected chi connectivity index (χ2v) is 4.75. The Balaban J connectivity index is 1.79. The molecule has 0 aliphatic carbocycles. The van der Waals surface area contributed by atoms with E-state index in [9.17, 15) is 0 Å². The molecule has 1 aliphatic heterocycles. The molecule has 1 N–H and O–H groups in total. The van der Waals surface area contributed by atoms with Crippen molar-refractivity contribution in [3.05, 3.63) is 0 Å². The second kappa shape index (κ2) is 9.17. The number of hydrogen-bond acceptors (Lipinski definition) is 2. The topological polar surface area (TPSA) is 23.5 Å². The van der Waals surface area contributed by atoms with Crippen LogP contribution in [0.3, 0.4) is 0 Å². The van der Waals surface area contributed by atoms with Crippen molar-refractivity contribution in [1.29, 1.82) is 0 Å². The minimum Gasteiger partial charge on any atom is -0.396 e. The van der Waals surface area contributed by atoms with Gasteiger partial charge in [0.1, 0.15) is 0 Å².